The van der Waals surface area contributed by atoms with Gasteiger partial charge in [-0.25, -0.2) is 12.7 Å². The van der Waals surface area contributed by atoms with Gasteiger partial charge in [-0.15, -0.1) is 0 Å². The highest BCUT2D eigenvalue weighted by Gasteiger charge is 2.46. The van der Waals surface area contributed by atoms with Crippen LogP contribution in [0.1, 0.15) is 38.7 Å². The average molecular weight is 379 g/mol. The van der Waals surface area contributed by atoms with Gasteiger partial charge in [0.1, 0.15) is 0 Å². The molecule has 0 aliphatic carbocycles. The van der Waals surface area contributed by atoms with E-state index in [-0.39, 0.29) is 17.1 Å². The Labute approximate surface area is 157 Å². The Balaban J connectivity index is 1.61. The largest absolute Gasteiger partial charge is 0.342 e. The molecule has 3 rings (SSSR count). The lowest BCUT2D eigenvalue weighted by Gasteiger charge is -2.22. The van der Waals surface area contributed by atoms with Crippen LogP contribution in [-0.2, 0) is 21.2 Å². The minimum atomic E-state index is -3.22. The van der Waals surface area contributed by atoms with Gasteiger partial charge in [-0.2, -0.15) is 0 Å². The monoisotopic (exact) mass is 378 g/mol. The molecule has 2 saturated heterocycles. The van der Waals surface area contributed by atoms with Crippen LogP contribution >= 0.6 is 0 Å². The number of sulfonamides is 1. The van der Waals surface area contributed by atoms with E-state index >= 15 is 0 Å². The summed E-state index contributed by atoms with van der Waals surface area (Å²) in [6.45, 7) is 6.71. The van der Waals surface area contributed by atoms with Gasteiger partial charge in [0, 0.05) is 26.2 Å². The molecule has 0 aromatic heterocycles. The number of carbonyl (C=O) groups is 1. The molecule has 0 unspecified atom stereocenters. The highest BCUT2D eigenvalue weighted by Crippen LogP contribution is 2.34. The minimum absolute atomic E-state index is 0.102. The Morgan fingerprint density at radius 3 is 2.54 bits per heavy atom. The molecule has 0 N–H and O–H groups in total. The third kappa shape index (κ3) is 4.29. The molecule has 2 heterocycles. The van der Waals surface area contributed by atoms with Crippen LogP contribution in [0.15, 0.2) is 30.3 Å². The van der Waals surface area contributed by atoms with E-state index in [4.69, 9.17) is 0 Å². The first-order chi connectivity index (χ1) is 12.4. The van der Waals surface area contributed by atoms with Gasteiger partial charge >= 0.3 is 0 Å². The summed E-state index contributed by atoms with van der Waals surface area (Å²) in [6.07, 6.45) is 2.64. The molecule has 0 spiro atoms. The van der Waals surface area contributed by atoms with Crippen LogP contribution in [0.2, 0.25) is 0 Å². The number of fused-ring (bicyclic) bond motifs is 1. The summed E-state index contributed by atoms with van der Waals surface area (Å²) in [7, 11) is -3.22. The highest BCUT2D eigenvalue weighted by atomic mass is 32.2. The maximum atomic E-state index is 12.9. The minimum Gasteiger partial charge on any atom is -0.342 e. The van der Waals surface area contributed by atoms with E-state index in [1.807, 2.05) is 35.2 Å². The van der Waals surface area contributed by atoms with Crippen molar-refractivity contribution in [3.8, 4) is 0 Å². The van der Waals surface area contributed by atoms with Crippen LogP contribution in [0.3, 0.4) is 0 Å². The second-order valence-electron chi connectivity index (χ2n) is 8.00. The first-order valence-electron chi connectivity index (χ1n) is 9.68. The van der Waals surface area contributed by atoms with E-state index < -0.39 is 10.0 Å². The number of amides is 1. The molecule has 2 aliphatic rings. The molecule has 144 valence electrons. The van der Waals surface area contributed by atoms with E-state index in [1.165, 1.54) is 0 Å². The molecule has 1 amide bonds. The normalized spacial score (nSPS) is 25.9. The number of carbonyl (C=O) groups excluding carboxylic acids is 1. The average Bonchev–Trinajstić information content (AvgIpc) is 2.75. The van der Waals surface area contributed by atoms with Crippen molar-refractivity contribution < 1.29 is 13.2 Å². The molecule has 0 bridgehead atoms. The summed E-state index contributed by atoms with van der Waals surface area (Å²) < 4.78 is 27.5. The van der Waals surface area contributed by atoms with E-state index in [2.05, 4.69) is 13.8 Å². The highest BCUT2D eigenvalue weighted by molar-refractivity contribution is 7.90. The molecule has 2 atom stereocenters. The molecular formula is C20H30N2O3S. The van der Waals surface area contributed by atoms with Crippen LogP contribution in [0.4, 0.5) is 0 Å². The van der Waals surface area contributed by atoms with Crippen LogP contribution in [0.5, 0.6) is 0 Å². The van der Waals surface area contributed by atoms with Gasteiger partial charge in [-0.3, -0.25) is 4.79 Å². The zero-order valence-electron chi connectivity index (χ0n) is 15.8. The summed E-state index contributed by atoms with van der Waals surface area (Å²) >= 11 is 0. The van der Waals surface area contributed by atoms with Gasteiger partial charge in [0.2, 0.25) is 15.9 Å². The van der Waals surface area contributed by atoms with E-state index in [1.54, 1.807) is 4.31 Å². The summed E-state index contributed by atoms with van der Waals surface area (Å²) in [5, 5.41) is -0.316. The van der Waals surface area contributed by atoms with E-state index in [0.717, 1.165) is 18.4 Å². The van der Waals surface area contributed by atoms with E-state index in [0.29, 0.717) is 44.9 Å². The van der Waals surface area contributed by atoms with Crippen LogP contribution in [0, 0.1) is 11.8 Å². The second kappa shape index (κ2) is 8.09. The van der Waals surface area contributed by atoms with Gasteiger partial charge in [0.15, 0.2) is 0 Å². The van der Waals surface area contributed by atoms with E-state index in [9.17, 15) is 13.2 Å². The van der Waals surface area contributed by atoms with Crippen molar-refractivity contribution in [1.29, 1.82) is 0 Å². The van der Waals surface area contributed by atoms with Crippen molar-refractivity contribution >= 4 is 15.9 Å². The van der Waals surface area contributed by atoms with Crippen LogP contribution < -0.4 is 0 Å². The van der Waals surface area contributed by atoms with Crippen LogP contribution in [0.25, 0.3) is 0 Å². The van der Waals surface area contributed by atoms with Crippen molar-refractivity contribution in [2.45, 2.75) is 44.8 Å². The molecule has 2 aliphatic heterocycles. The summed E-state index contributed by atoms with van der Waals surface area (Å²) in [4.78, 5) is 14.5. The number of likely N-dealkylation sites (tertiary alicyclic amines) is 1. The third-order valence-corrected chi connectivity index (χ3v) is 8.10. The zero-order chi connectivity index (χ0) is 18.7. The molecule has 1 aromatic carbocycles. The molecule has 2 fully saturated rings. The topological polar surface area (TPSA) is 57.7 Å². The van der Waals surface area contributed by atoms with Crippen LogP contribution in [-0.4, -0.2) is 55.0 Å². The number of nitrogens with zero attached hydrogens (tertiary/aromatic N) is 2. The first-order valence-corrected chi connectivity index (χ1v) is 11.2. The maximum Gasteiger partial charge on any atom is 0.226 e. The SMILES string of the molecule is CC(C)CCN1C[C@H]2CCN(C(=O)Cc3ccccc3)CC[C@H]2S1(=O)=O. The van der Waals surface area contributed by atoms with Crippen molar-refractivity contribution in [2.75, 3.05) is 26.2 Å². The second-order valence-corrected chi connectivity index (χ2v) is 10.2. The smallest absolute Gasteiger partial charge is 0.226 e. The maximum absolute atomic E-state index is 12.9. The fourth-order valence-corrected chi connectivity index (χ4v) is 6.30. The van der Waals surface area contributed by atoms with Crippen molar-refractivity contribution in [3.05, 3.63) is 35.9 Å². The lowest BCUT2D eigenvalue weighted by Crippen LogP contribution is -2.36. The summed E-state index contributed by atoms with van der Waals surface area (Å²) in [5.41, 5.74) is 1.01. The number of benzene rings is 1. The fourth-order valence-electron chi connectivity index (χ4n) is 4.05. The molecule has 0 saturated carbocycles. The Morgan fingerprint density at radius 2 is 1.85 bits per heavy atom. The Hall–Kier alpha value is -1.40. The Morgan fingerprint density at radius 1 is 1.15 bits per heavy atom. The molecule has 0 radical (unpaired) electrons. The van der Waals surface area contributed by atoms with Gasteiger partial charge < -0.3 is 4.90 Å². The molecule has 5 nitrogen and oxygen atoms in total. The van der Waals surface area contributed by atoms with Gasteiger partial charge in [0.05, 0.1) is 11.7 Å². The molecular weight excluding hydrogens is 348 g/mol. The van der Waals surface area contributed by atoms with Gasteiger partial charge in [0.25, 0.3) is 0 Å². The molecule has 1 aromatic rings. The lowest BCUT2D eigenvalue weighted by molar-refractivity contribution is -0.130. The lowest BCUT2D eigenvalue weighted by atomic mass is 10.0. The number of rotatable bonds is 5. The van der Waals surface area contributed by atoms with Gasteiger partial charge in [-0.05, 0) is 36.7 Å². The molecule has 6 heteroatoms. The summed E-state index contributed by atoms with van der Waals surface area (Å²) in [6, 6.07) is 9.74. The number of hydrogen-bond acceptors (Lipinski definition) is 3. The predicted molar refractivity (Wildman–Crippen MR) is 103 cm³/mol. The number of hydrogen-bond donors (Lipinski definition) is 0. The quantitative estimate of drug-likeness (QED) is 0.791. The predicted octanol–water partition coefficient (Wildman–Crippen LogP) is 2.53. The van der Waals surface area contributed by atoms with Crippen molar-refractivity contribution in [3.63, 3.8) is 0 Å². The zero-order valence-corrected chi connectivity index (χ0v) is 16.6. The van der Waals surface area contributed by atoms with Crippen molar-refractivity contribution in [2.24, 2.45) is 11.8 Å². The molecule has 26 heavy (non-hydrogen) atoms. The van der Waals surface area contributed by atoms with Crippen molar-refractivity contribution in [1.82, 2.24) is 9.21 Å². The Bertz CT molecular complexity index is 718. The summed E-state index contributed by atoms with van der Waals surface area (Å²) in [5.74, 6) is 0.758. The first kappa shape index (κ1) is 19.4. The fraction of sp³-hybridized carbons (Fsp3) is 0.650. The third-order valence-electron chi connectivity index (χ3n) is 5.67. The Kier molecular flexibility index (Phi) is 6.03. The van der Waals surface area contributed by atoms with Gasteiger partial charge in [-0.1, -0.05) is 44.2 Å². The standard InChI is InChI=1S/C20H30N2O3S/c1-16(2)8-13-22-15-18-9-11-21(12-10-19(18)26(22,24)25)20(23)14-17-6-4-3-5-7-17/h3-7,16,18-19H,8-15H2,1-2H3/t18-,19-/m1/s1.